The summed E-state index contributed by atoms with van der Waals surface area (Å²) in [6.07, 6.45) is 12.5. The Bertz CT molecular complexity index is 132. The first kappa shape index (κ1) is 14.6. The smallest absolute Gasteiger partial charge is 0.0273 e. The van der Waals surface area contributed by atoms with E-state index in [4.69, 9.17) is 0 Å². The van der Waals surface area contributed by atoms with Gasteiger partial charge in [-0.1, -0.05) is 32.6 Å². The highest BCUT2D eigenvalue weighted by Gasteiger charge is 1.90. The van der Waals surface area contributed by atoms with E-state index in [0.29, 0.717) is 0 Å². The topological polar surface area (TPSA) is 24.4 Å². The number of hydrogen-bond acceptors (Lipinski definition) is 2. The van der Waals surface area contributed by atoms with Crippen molar-refractivity contribution in [3.8, 4) is 0 Å². The molecule has 0 saturated heterocycles. The van der Waals surface area contributed by atoms with Gasteiger partial charge in [-0.15, -0.1) is 0 Å². The fourth-order valence-electron chi connectivity index (χ4n) is 1.59. The van der Waals surface area contributed by atoms with Crippen molar-refractivity contribution in [1.29, 1.82) is 0 Å². The molecule has 0 atom stereocenters. The minimum Gasteiger partial charge on any atom is -0.317 e. The Balaban J connectivity index is 2.86. The summed E-state index contributed by atoms with van der Waals surface area (Å²) in [5, 5.41) is 3.50. The van der Waals surface area contributed by atoms with Crippen LogP contribution in [0.4, 0.5) is 0 Å². The number of rotatable bonds is 11. The fraction of sp³-hybridized carbons (Fsp3) is 0.923. The Kier molecular flexibility index (Phi) is 13.3. The molecule has 0 aromatic heterocycles. The van der Waals surface area contributed by atoms with Gasteiger partial charge >= 0.3 is 0 Å². The van der Waals surface area contributed by atoms with Crippen molar-refractivity contribution in [2.75, 3.05) is 20.1 Å². The molecule has 0 fully saturated rings. The average molecular weight is 212 g/mol. The SMILES string of the molecule is CCCCCCNCCCCCC=NC. The van der Waals surface area contributed by atoms with E-state index in [1.54, 1.807) is 0 Å². The highest BCUT2D eigenvalue weighted by atomic mass is 14.8. The van der Waals surface area contributed by atoms with Crippen molar-refractivity contribution in [1.82, 2.24) is 5.32 Å². The van der Waals surface area contributed by atoms with Gasteiger partial charge in [-0.2, -0.15) is 0 Å². The molecule has 15 heavy (non-hydrogen) atoms. The molecule has 0 aliphatic rings. The van der Waals surface area contributed by atoms with Crippen LogP contribution in [-0.4, -0.2) is 26.4 Å². The third kappa shape index (κ3) is 13.6. The van der Waals surface area contributed by atoms with Crippen LogP contribution in [-0.2, 0) is 0 Å². The number of unbranched alkanes of at least 4 members (excludes halogenated alkanes) is 6. The lowest BCUT2D eigenvalue weighted by molar-refractivity contribution is 0.570. The van der Waals surface area contributed by atoms with Crippen LogP contribution in [0.1, 0.15) is 58.3 Å². The minimum absolute atomic E-state index is 1.15. The third-order valence-corrected chi connectivity index (χ3v) is 2.58. The lowest BCUT2D eigenvalue weighted by Gasteiger charge is -2.03. The minimum atomic E-state index is 1.15. The lowest BCUT2D eigenvalue weighted by Crippen LogP contribution is -2.16. The lowest BCUT2D eigenvalue weighted by atomic mass is 10.2. The van der Waals surface area contributed by atoms with Gasteiger partial charge in [0.05, 0.1) is 0 Å². The number of hydrogen-bond donors (Lipinski definition) is 1. The number of nitrogens with one attached hydrogen (secondary N) is 1. The van der Waals surface area contributed by atoms with Crippen molar-refractivity contribution in [2.45, 2.75) is 58.3 Å². The van der Waals surface area contributed by atoms with Crippen molar-refractivity contribution in [2.24, 2.45) is 4.99 Å². The molecule has 90 valence electrons. The summed E-state index contributed by atoms with van der Waals surface area (Å²) in [6, 6.07) is 0. The maximum atomic E-state index is 3.97. The van der Waals surface area contributed by atoms with Gasteiger partial charge in [-0.3, -0.25) is 0 Å². The number of aliphatic imine (C=N–C) groups is 1. The van der Waals surface area contributed by atoms with E-state index in [-0.39, 0.29) is 0 Å². The fourth-order valence-corrected chi connectivity index (χ4v) is 1.59. The van der Waals surface area contributed by atoms with E-state index < -0.39 is 0 Å². The summed E-state index contributed by atoms with van der Waals surface area (Å²) in [6.45, 7) is 4.65. The highest BCUT2D eigenvalue weighted by Crippen LogP contribution is 1.98. The zero-order valence-corrected chi connectivity index (χ0v) is 10.6. The quantitative estimate of drug-likeness (QED) is 0.412. The average Bonchev–Trinajstić information content (AvgIpc) is 2.26. The van der Waals surface area contributed by atoms with E-state index in [1.807, 2.05) is 13.3 Å². The van der Waals surface area contributed by atoms with E-state index >= 15 is 0 Å². The Morgan fingerprint density at radius 3 is 2.20 bits per heavy atom. The van der Waals surface area contributed by atoms with Crippen LogP contribution in [0.25, 0.3) is 0 Å². The third-order valence-electron chi connectivity index (χ3n) is 2.58. The molecule has 0 radical (unpaired) electrons. The summed E-state index contributed by atoms with van der Waals surface area (Å²) in [5.41, 5.74) is 0. The molecular formula is C13H28N2. The zero-order valence-electron chi connectivity index (χ0n) is 10.6. The second-order valence-corrected chi connectivity index (χ2v) is 4.10. The van der Waals surface area contributed by atoms with E-state index in [2.05, 4.69) is 17.2 Å². The van der Waals surface area contributed by atoms with Crippen molar-refractivity contribution in [3.63, 3.8) is 0 Å². The Morgan fingerprint density at radius 2 is 1.60 bits per heavy atom. The highest BCUT2D eigenvalue weighted by molar-refractivity contribution is 5.56. The summed E-state index contributed by atoms with van der Waals surface area (Å²) in [5.74, 6) is 0. The van der Waals surface area contributed by atoms with Crippen LogP contribution in [0.15, 0.2) is 4.99 Å². The first-order valence-electron chi connectivity index (χ1n) is 6.53. The molecule has 0 aliphatic carbocycles. The summed E-state index contributed by atoms with van der Waals surface area (Å²) < 4.78 is 0. The standard InChI is InChI=1S/C13H28N2/c1-3-4-5-9-12-15-13-10-7-6-8-11-14-2/h11,15H,3-10,12-13H2,1-2H3. The summed E-state index contributed by atoms with van der Waals surface area (Å²) in [4.78, 5) is 3.97. The van der Waals surface area contributed by atoms with Crippen molar-refractivity contribution >= 4 is 6.21 Å². The van der Waals surface area contributed by atoms with Gasteiger partial charge in [-0.25, -0.2) is 0 Å². The van der Waals surface area contributed by atoms with Gasteiger partial charge in [-0.05, 0) is 45.0 Å². The van der Waals surface area contributed by atoms with Crippen LogP contribution in [0.2, 0.25) is 0 Å². The second kappa shape index (κ2) is 13.6. The van der Waals surface area contributed by atoms with Gasteiger partial charge in [0.15, 0.2) is 0 Å². The molecule has 0 bridgehead atoms. The van der Waals surface area contributed by atoms with Crippen molar-refractivity contribution < 1.29 is 0 Å². The molecule has 0 aromatic rings. The molecule has 0 unspecified atom stereocenters. The molecule has 0 spiro atoms. The molecule has 0 aliphatic heterocycles. The summed E-state index contributed by atoms with van der Waals surface area (Å²) >= 11 is 0. The van der Waals surface area contributed by atoms with E-state index in [0.717, 1.165) is 6.42 Å². The molecule has 0 heterocycles. The Labute approximate surface area is 95.6 Å². The maximum absolute atomic E-state index is 3.97. The molecular weight excluding hydrogens is 184 g/mol. The summed E-state index contributed by atoms with van der Waals surface area (Å²) in [7, 11) is 1.85. The van der Waals surface area contributed by atoms with Gasteiger partial charge in [0, 0.05) is 7.05 Å². The molecule has 0 aromatic carbocycles. The van der Waals surface area contributed by atoms with Crippen LogP contribution in [0.3, 0.4) is 0 Å². The Hall–Kier alpha value is -0.370. The molecule has 2 heteroatoms. The zero-order chi connectivity index (χ0) is 11.2. The molecule has 2 nitrogen and oxygen atoms in total. The van der Waals surface area contributed by atoms with Gasteiger partial charge in [0.25, 0.3) is 0 Å². The van der Waals surface area contributed by atoms with E-state index in [9.17, 15) is 0 Å². The Morgan fingerprint density at radius 1 is 0.933 bits per heavy atom. The van der Waals surface area contributed by atoms with Crippen LogP contribution < -0.4 is 5.32 Å². The van der Waals surface area contributed by atoms with Crippen LogP contribution in [0.5, 0.6) is 0 Å². The van der Waals surface area contributed by atoms with Crippen LogP contribution >= 0.6 is 0 Å². The van der Waals surface area contributed by atoms with Crippen molar-refractivity contribution in [3.05, 3.63) is 0 Å². The first-order valence-corrected chi connectivity index (χ1v) is 6.53. The number of nitrogens with zero attached hydrogens (tertiary/aromatic N) is 1. The predicted molar refractivity (Wildman–Crippen MR) is 69.9 cm³/mol. The first-order chi connectivity index (χ1) is 7.41. The van der Waals surface area contributed by atoms with Gasteiger partial charge in [0.1, 0.15) is 0 Å². The monoisotopic (exact) mass is 212 g/mol. The molecule has 0 rings (SSSR count). The maximum Gasteiger partial charge on any atom is 0.0273 e. The molecule has 1 N–H and O–H groups in total. The normalized spacial score (nSPS) is 11.3. The van der Waals surface area contributed by atoms with Gasteiger partial charge < -0.3 is 10.3 Å². The van der Waals surface area contributed by atoms with Gasteiger partial charge in [0.2, 0.25) is 0 Å². The second-order valence-electron chi connectivity index (χ2n) is 4.10. The molecule has 0 amide bonds. The predicted octanol–water partition coefficient (Wildman–Crippen LogP) is 3.42. The largest absolute Gasteiger partial charge is 0.317 e. The van der Waals surface area contributed by atoms with Crippen LogP contribution in [0, 0.1) is 0 Å². The molecule has 0 saturated carbocycles. The van der Waals surface area contributed by atoms with E-state index in [1.165, 1.54) is 58.0 Å².